The van der Waals surface area contributed by atoms with Crippen molar-refractivity contribution in [2.75, 3.05) is 6.54 Å². The fraction of sp³-hybridized carbons (Fsp3) is 0.700. The monoisotopic (exact) mass is 213 g/mol. The molecule has 1 fully saturated rings. The van der Waals surface area contributed by atoms with E-state index in [9.17, 15) is 14.4 Å². The molecule has 0 aromatic carbocycles. The molecule has 2 amide bonds. The Labute approximate surface area is 88.1 Å². The number of carboxylic acids is 1. The second-order valence-electron chi connectivity index (χ2n) is 3.74. The van der Waals surface area contributed by atoms with Gasteiger partial charge in [0, 0.05) is 19.4 Å². The molecule has 84 valence electrons. The highest BCUT2D eigenvalue weighted by atomic mass is 16.4. The summed E-state index contributed by atoms with van der Waals surface area (Å²) < 4.78 is 0. The van der Waals surface area contributed by atoms with Crippen LogP contribution in [-0.4, -0.2) is 34.3 Å². The van der Waals surface area contributed by atoms with E-state index < -0.39 is 11.9 Å². The Balaban J connectivity index is 2.53. The van der Waals surface area contributed by atoms with Gasteiger partial charge in [-0.3, -0.25) is 19.3 Å². The molecule has 5 heteroatoms. The van der Waals surface area contributed by atoms with E-state index in [0.717, 1.165) is 17.7 Å². The molecule has 1 atom stereocenters. The number of carboxylic acid groups (broad SMARTS) is 1. The Morgan fingerprint density at radius 1 is 1.53 bits per heavy atom. The van der Waals surface area contributed by atoms with Gasteiger partial charge in [0.25, 0.3) is 0 Å². The first-order valence-corrected chi connectivity index (χ1v) is 5.12. The fourth-order valence-electron chi connectivity index (χ4n) is 1.58. The predicted octanol–water partition coefficient (Wildman–Crippen LogP) is 0.636. The molecule has 5 nitrogen and oxygen atoms in total. The lowest BCUT2D eigenvalue weighted by molar-refractivity contribution is -0.142. The van der Waals surface area contributed by atoms with Gasteiger partial charge in [-0.25, -0.2) is 0 Å². The second kappa shape index (κ2) is 4.91. The third-order valence-corrected chi connectivity index (χ3v) is 2.52. The van der Waals surface area contributed by atoms with Gasteiger partial charge in [-0.1, -0.05) is 13.3 Å². The molecule has 0 aromatic rings. The van der Waals surface area contributed by atoms with Crippen LogP contribution in [0, 0.1) is 5.92 Å². The van der Waals surface area contributed by atoms with Crippen molar-refractivity contribution < 1.29 is 19.5 Å². The molecule has 1 saturated heterocycles. The number of nitrogens with zero attached hydrogens (tertiary/aromatic N) is 1. The summed E-state index contributed by atoms with van der Waals surface area (Å²) in [6.07, 6.45) is 1.90. The average molecular weight is 213 g/mol. The second-order valence-corrected chi connectivity index (χ2v) is 3.74. The number of carbonyl (C=O) groups excluding carboxylic acids is 2. The Bertz CT molecular complexity index is 287. The number of carbonyl (C=O) groups is 3. The Kier molecular flexibility index (Phi) is 3.82. The topological polar surface area (TPSA) is 74.7 Å². The Morgan fingerprint density at radius 2 is 2.20 bits per heavy atom. The lowest BCUT2D eigenvalue weighted by Crippen LogP contribution is -2.32. The van der Waals surface area contributed by atoms with Crippen molar-refractivity contribution in [1.82, 2.24) is 4.90 Å². The van der Waals surface area contributed by atoms with Gasteiger partial charge >= 0.3 is 5.97 Å². The molecule has 0 radical (unpaired) electrons. The van der Waals surface area contributed by atoms with Gasteiger partial charge in [-0.05, 0) is 6.42 Å². The summed E-state index contributed by atoms with van der Waals surface area (Å²) in [5, 5.41) is 8.72. The summed E-state index contributed by atoms with van der Waals surface area (Å²) in [6.45, 7) is 2.00. The van der Waals surface area contributed by atoms with E-state index in [2.05, 4.69) is 0 Å². The molecule has 0 aromatic heterocycles. The predicted molar refractivity (Wildman–Crippen MR) is 52.0 cm³/mol. The molecule has 1 N–H and O–H groups in total. The van der Waals surface area contributed by atoms with Crippen LogP contribution in [0.5, 0.6) is 0 Å². The first-order valence-electron chi connectivity index (χ1n) is 5.12. The van der Waals surface area contributed by atoms with Crippen molar-refractivity contribution in [3.8, 4) is 0 Å². The molecule has 1 aliphatic rings. The largest absolute Gasteiger partial charge is 0.481 e. The van der Waals surface area contributed by atoms with Crippen molar-refractivity contribution in [3.05, 3.63) is 0 Å². The van der Waals surface area contributed by atoms with E-state index in [4.69, 9.17) is 5.11 Å². The van der Waals surface area contributed by atoms with Crippen molar-refractivity contribution >= 4 is 17.8 Å². The van der Waals surface area contributed by atoms with Crippen LogP contribution < -0.4 is 0 Å². The number of aliphatic carboxylic acids is 1. The van der Waals surface area contributed by atoms with Gasteiger partial charge in [-0.15, -0.1) is 0 Å². The van der Waals surface area contributed by atoms with Crippen LogP contribution in [0.4, 0.5) is 0 Å². The highest BCUT2D eigenvalue weighted by Crippen LogP contribution is 2.19. The maximum Gasteiger partial charge on any atom is 0.308 e. The number of likely N-dealkylation sites (tertiary alicyclic amines) is 1. The van der Waals surface area contributed by atoms with Gasteiger partial charge in [0.2, 0.25) is 11.8 Å². The molecule has 1 aliphatic heterocycles. The van der Waals surface area contributed by atoms with Crippen LogP contribution in [-0.2, 0) is 14.4 Å². The van der Waals surface area contributed by atoms with Crippen LogP contribution in [0.2, 0.25) is 0 Å². The number of rotatable bonds is 4. The Hall–Kier alpha value is -1.39. The number of amides is 2. The molecule has 0 saturated carbocycles. The summed E-state index contributed by atoms with van der Waals surface area (Å²) in [4.78, 5) is 34.5. The van der Waals surface area contributed by atoms with Gasteiger partial charge in [0.1, 0.15) is 0 Å². The van der Waals surface area contributed by atoms with Gasteiger partial charge < -0.3 is 5.11 Å². The molecular weight excluding hydrogens is 198 g/mol. The molecular formula is C10H15NO4. The fourth-order valence-corrected chi connectivity index (χ4v) is 1.58. The minimum atomic E-state index is -1.01. The van der Waals surface area contributed by atoms with Crippen LogP contribution in [0.3, 0.4) is 0 Å². The van der Waals surface area contributed by atoms with E-state index in [1.165, 1.54) is 0 Å². The summed E-state index contributed by atoms with van der Waals surface area (Å²) in [7, 11) is 0. The van der Waals surface area contributed by atoms with E-state index >= 15 is 0 Å². The van der Waals surface area contributed by atoms with Gasteiger partial charge in [0.15, 0.2) is 0 Å². The Morgan fingerprint density at radius 3 is 2.67 bits per heavy atom. The van der Waals surface area contributed by atoms with E-state index in [-0.39, 0.29) is 24.8 Å². The highest BCUT2D eigenvalue weighted by Gasteiger charge is 2.37. The average Bonchev–Trinajstić information content (AvgIpc) is 2.57. The normalized spacial score (nSPS) is 20.7. The van der Waals surface area contributed by atoms with Crippen molar-refractivity contribution in [2.45, 2.75) is 32.6 Å². The molecule has 15 heavy (non-hydrogen) atoms. The molecule has 1 rings (SSSR count). The highest BCUT2D eigenvalue weighted by molar-refractivity contribution is 5.99. The van der Waals surface area contributed by atoms with E-state index in [1.54, 1.807) is 0 Å². The number of imide groups is 1. The van der Waals surface area contributed by atoms with Gasteiger partial charge in [0.05, 0.1) is 5.92 Å². The first-order chi connectivity index (χ1) is 7.06. The third kappa shape index (κ3) is 2.78. The maximum absolute atomic E-state index is 11.5. The number of unbranched alkanes of at least 4 members (excludes halogenated alkanes) is 1. The molecule has 0 aliphatic carbocycles. The van der Waals surface area contributed by atoms with Crippen LogP contribution in [0.25, 0.3) is 0 Å². The number of hydrogen-bond acceptors (Lipinski definition) is 3. The zero-order chi connectivity index (χ0) is 11.4. The number of hydrogen-bond donors (Lipinski definition) is 1. The SMILES string of the molecule is CCCCC(=O)N1CC(C(=O)O)CC1=O. The minimum absolute atomic E-state index is 0.0384. The lowest BCUT2D eigenvalue weighted by atomic mass is 10.1. The molecule has 0 bridgehead atoms. The summed E-state index contributed by atoms with van der Waals surface area (Å²) in [5.74, 6) is -2.33. The summed E-state index contributed by atoms with van der Waals surface area (Å²) in [5.41, 5.74) is 0. The van der Waals surface area contributed by atoms with Crippen LogP contribution in [0.1, 0.15) is 32.6 Å². The zero-order valence-electron chi connectivity index (χ0n) is 8.73. The van der Waals surface area contributed by atoms with Gasteiger partial charge in [-0.2, -0.15) is 0 Å². The minimum Gasteiger partial charge on any atom is -0.481 e. The maximum atomic E-state index is 11.5. The quantitative estimate of drug-likeness (QED) is 0.743. The standard InChI is InChI=1S/C10H15NO4/c1-2-3-4-8(12)11-6-7(10(14)15)5-9(11)13/h7H,2-6H2,1H3,(H,14,15). The van der Waals surface area contributed by atoms with Crippen molar-refractivity contribution in [1.29, 1.82) is 0 Å². The van der Waals surface area contributed by atoms with Crippen molar-refractivity contribution in [3.63, 3.8) is 0 Å². The molecule has 1 unspecified atom stereocenters. The zero-order valence-corrected chi connectivity index (χ0v) is 8.73. The first kappa shape index (κ1) is 11.7. The third-order valence-electron chi connectivity index (χ3n) is 2.52. The summed E-state index contributed by atoms with van der Waals surface area (Å²) >= 11 is 0. The van der Waals surface area contributed by atoms with Crippen molar-refractivity contribution in [2.24, 2.45) is 5.92 Å². The summed E-state index contributed by atoms with van der Waals surface area (Å²) in [6, 6.07) is 0. The van der Waals surface area contributed by atoms with Crippen LogP contribution >= 0.6 is 0 Å². The van der Waals surface area contributed by atoms with Crippen LogP contribution in [0.15, 0.2) is 0 Å². The lowest BCUT2D eigenvalue weighted by Gasteiger charge is -2.13. The molecule has 1 heterocycles. The van der Waals surface area contributed by atoms with E-state index in [1.807, 2.05) is 6.92 Å². The smallest absolute Gasteiger partial charge is 0.308 e. The van der Waals surface area contributed by atoms with E-state index in [0.29, 0.717) is 6.42 Å². The molecule has 0 spiro atoms.